The van der Waals surface area contributed by atoms with E-state index in [1.165, 1.54) is 0 Å². The van der Waals surface area contributed by atoms with Gasteiger partial charge in [0, 0.05) is 36.8 Å². The number of benzene rings is 1. The van der Waals surface area contributed by atoms with Crippen molar-refractivity contribution in [1.29, 1.82) is 0 Å². The Labute approximate surface area is 148 Å². The molecule has 0 aliphatic carbocycles. The molecular weight excluding hydrogens is 330 g/mol. The van der Waals surface area contributed by atoms with Gasteiger partial charge in [0.15, 0.2) is 0 Å². The van der Waals surface area contributed by atoms with Gasteiger partial charge in [-0.3, -0.25) is 9.59 Å². The first-order valence-electron chi connectivity index (χ1n) is 8.23. The first-order valence-corrected chi connectivity index (χ1v) is 8.23. The number of hydrogen-bond acceptors (Lipinski definition) is 4. The van der Waals surface area contributed by atoms with E-state index in [1.807, 2.05) is 0 Å². The molecule has 2 fully saturated rings. The molecule has 24 heavy (non-hydrogen) atoms. The summed E-state index contributed by atoms with van der Waals surface area (Å²) in [6, 6.07) is 7.39. The third-order valence-corrected chi connectivity index (χ3v) is 4.31. The first-order chi connectivity index (χ1) is 11.2. The van der Waals surface area contributed by atoms with Crippen LogP contribution in [0.4, 0.5) is 5.69 Å². The Kier molecular flexibility index (Phi) is 7.02. The minimum atomic E-state index is 0. The van der Waals surface area contributed by atoms with E-state index in [0.29, 0.717) is 38.3 Å². The van der Waals surface area contributed by atoms with E-state index < -0.39 is 0 Å². The van der Waals surface area contributed by atoms with Crippen LogP contribution in [-0.4, -0.2) is 55.6 Å². The fourth-order valence-corrected chi connectivity index (χ4v) is 3.01. The summed E-state index contributed by atoms with van der Waals surface area (Å²) in [4.78, 5) is 26.1. The monoisotopic (exact) mass is 353 g/mol. The summed E-state index contributed by atoms with van der Waals surface area (Å²) in [6.45, 7) is 3.44. The molecule has 6 nitrogen and oxygen atoms in total. The van der Waals surface area contributed by atoms with Crippen molar-refractivity contribution < 1.29 is 14.3 Å². The van der Waals surface area contributed by atoms with Crippen LogP contribution in [-0.2, 0) is 9.53 Å². The highest BCUT2D eigenvalue weighted by atomic mass is 35.5. The highest BCUT2D eigenvalue weighted by molar-refractivity contribution is 5.96. The van der Waals surface area contributed by atoms with E-state index in [-0.39, 0.29) is 30.3 Å². The number of morpholine rings is 1. The average molecular weight is 354 g/mol. The summed E-state index contributed by atoms with van der Waals surface area (Å²) < 4.78 is 5.26. The van der Waals surface area contributed by atoms with Crippen molar-refractivity contribution in [3.63, 3.8) is 0 Å². The van der Waals surface area contributed by atoms with E-state index in [4.69, 9.17) is 4.74 Å². The third-order valence-electron chi connectivity index (χ3n) is 4.31. The van der Waals surface area contributed by atoms with Crippen LogP contribution in [0.3, 0.4) is 0 Å². The van der Waals surface area contributed by atoms with Crippen molar-refractivity contribution in [2.45, 2.75) is 25.3 Å². The van der Waals surface area contributed by atoms with Crippen molar-refractivity contribution in [3.05, 3.63) is 29.8 Å². The van der Waals surface area contributed by atoms with Gasteiger partial charge in [-0.05, 0) is 43.7 Å². The van der Waals surface area contributed by atoms with Crippen LogP contribution in [0.5, 0.6) is 0 Å². The Hall–Kier alpha value is -1.63. The molecule has 2 heterocycles. The summed E-state index contributed by atoms with van der Waals surface area (Å²) >= 11 is 0. The number of nitrogens with zero attached hydrogens (tertiary/aromatic N) is 1. The van der Waals surface area contributed by atoms with Crippen LogP contribution in [0.25, 0.3) is 0 Å². The second kappa shape index (κ2) is 9.01. The van der Waals surface area contributed by atoms with Crippen LogP contribution in [0.2, 0.25) is 0 Å². The van der Waals surface area contributed by atoms with E-state index in [0.717, 1.165) is 25.1 Å². The molecule has 0 saturated carbocycles. The molecule has 1 aromatic rings. The lowest BCUT2D eigenvalue weighted by Crippen LogP contribution is -2.40. The molecule has 0 aromatic heterocycles. The van der Waals surface area contributed by atoms with E-state index in [9.17, 15) is 9.59 Å². The molecule has 0 spiro atoms. The first kappa shape index (κ1) is 18.7. The van der Waals surface area contributed by atoms with Crippen LogP contribution < -0.4 is 10.6 Å². The number of anilines is 1. The maximum Gasteiger partial charge on any atom is 0.254 e. The van der Waals surface area contributed by atoms with Crippen LogP contribution in [0.15, 0.2) is 24.3 Å². The lowest BCUT2D eigenvalue weighted by molar-refractivity contribution is -0.116. The fourth-order valence-electron chi connectivity index (χ4n) is 3.01. The summed E-state index contributed by atoms with van der Waals surface area (Å²) in [5.74, 6) is 0.0259. The zero-order valence-electron chi connectivity index (χ0n) is 13.6. The number of nitrogens with one attached hydrogen (secondary N) is 2. The van der Waals surface area contributed by atoms with Gasteiger partial charge in [0.25, 0.3) is 5.91 Å². The lowest BCUT2D eigenvalue weighted by atomic mass is 10.1. The van der Waals surface area contributed by atoms with Crippen molar-refractivity contribution in [2.24, 2.45) is 0 Å². The minimum absolute atomic E-state index is 0. The molecule has 0 radical (unpaired) electrons. The number of carbonyl (C=O) groups excluding carboxylic acids is 2. The SMILES string of the molecule is Cl.O=C(CC1CCCN1)Nc1ccc(C(=O)N2CCOCC2)cc1. The Morgan fingerprint density at radius 1 is 1.21 bits per heavy atom. The minimum Gasteiger partial charge on any atom is -0.378 e. The van der Waals surface area contributed by atoms with Gasteiger partial charge in [0.05, 0.1) is 13.2 Å². The Morgan fingerprint density at radius 3 is 2.54 bits per heavy atom. The van der Waals surface area contributed by atoms with Crippen molar-refractivity contribution in [2.75, 3.05) is 38.2 Å². The number of ether oxygens (including phenoxy) is 1. The summed E-state index contributed by atoms with van der Waals surface area (Å²) in [5.41, 5.74) is 1.37. The van der Waals surface area contributed by atoms with Gasteiger partial charge in [-0.2, -0.15) is 0 Å². The van der Waals surface area contributed by atoms with E-state index in [2.05, 4.69) is 10.6 Å². The van der Waals surface area contributed by atoms with Crippen LogP contribution in [0, 0.1) is 0 Å². The number of amides is 2. The maximum atomic E-state index is 12.3. The highest BCUT2D eigenvalue weighted by Crippen LogP contribution is 2.14. The lowest BCUT2D eigenvalue weighted by Gasteiger charge is -2.26. The normalized spacial score (nSPS) is 20.3. The van der Waals surface area contributed by atoms with Crippen LogP contribution in [0.1, 0.15) is 29.6 Å². The topological polar surface area (TPSA) is 70.7 Å². The zero-order chi connectivity index (χ0) is 16.1. The van der Waals surface area contributed by atoms with Crippen molar-refractivity contribution in [1.82, 2.24) is 10.2 Å². The van der Waals surface area contributed by atoms with Gasteiger partial charge < -0.3 is 20.3 Å². The quantitative estimate of drug-likeness (QED) is 0.863. The van der Waals surface area contributed by atoms with Gasteiger partial charge in [0.1, 0.15) is 0 Å². The van der Waals surface area contributed by atoms with Gasteiger partial charge in [0.2, 0.25) is 5.91 Å². The largest absolute Gasteiger partial charge is 0.378 e. The van der Waals surface area contributed by atoms with Gasteiger partial charge >= 0.3 is 0 Å². The van der Waals surface area contributed by atoms with E-state index in [1.54, 1.807) is 29.2 Å². The predicted octanol–water partition coefficient (Wildman–Crippen LogP) is 1.66. The van der Waals surface area contributed by atoms with Gasteiger partial charge in [-0.25, -0.2) is 0 Å². The molecule has 2 amide bonds. The van der Waals surface area contributed by atoms with E-state index >= 15 is 0 Å². The summed E-state index contributed by atoms with van der Waals surface area (Å²) in [7, 11) is 0. The molecule has 2 saturated heterocycles. The molecule has 1 unspecified atom stereocenters. The molecular formula is C17H24ClN3O3. The Balaban J connectivity index is 0.00000208. The molecule has 132 valence electrons. The second-order valence-corrected chi connectivity index (χ2v) is 6.03. The molecule has 2 aliphatic heterocycles. The standard InChI is InChI=1S/C17H23N3O3.ClH/c21-16(12-15-2-1-7-18-15)19-14-5-3-13(4-6-14)17(22)20-8-10-23-11-9-20;/h3-6,15,18H,1-2,7-12H2,(H,19,21);1H. The molecule has 1 aromatic carbocycles. The van der Waals surface area contributed by atoms with Crippen molar-refractivity contribution in [3.8, 4) is 0 Å². The smallest absolute Gasteiger partial charge is 0.254 e. The number of carbonyl (C=O) groups is 2. The van der Waals surface area contributed by atoms with Gasteiger partial charge in [-0.1, -0.05) is 0 Å². The highest BCUT2D eigenvalue weighted by Gasteiger charge is 2.19. The molecule has 0 bridgehead atoms. The number of hydrogen-bond donors (Lipinski definition) is 2. The number of halogens is 1. The Bertz CT molecular complexity index is 553. The molecule has 3 rings (SSSR count). The molecule has 7 heteroatoms. The average Bonchev–Trinajstić information content (AvgIpc) is 3.08. The summed E-state index contributed by atoms with van der Waals surface area (Å²) in [5, 5.41) is 6.20. The Morgan fingerprint density at radius 2 is 1.92 bits per heavy atom. The molecule has 2 N–H and O–H groups in total. The van der Waals surface area contributed by atoms with Crippen molar-refractivity contribution >= 4 is 29.9 Å². The summed E-state index contributed by atoms with van der Waals surface area (Å²) in [6.07, 6.45) is 2.69. The third kappa shape index (κ3) is 4.93. The zero-order valence-corrected chi connectivity index (χ0v) is 14.4. The van der Waals surface area contributed by atoms with Gasteiger partial charge in [-0.15, -0.1) is 12.4 Å². The predicted molar refractivity (Wildman–Crippen MR) is 94.7 cm³/mol. The molecule has 2 aliphatic rings. The molecule has 1 atom stereocenters. The number of rotatable bonds is 4. The fraction of sp³-hybridized carbons (Fsp3) is 0.529. The second-order valence-electron chi connectivity index (χ2n) is 6.03. The maximum absolute atomic E-state index is 12.3. The van der Waals surface area contributed by atoms with Crippen LogP contribution >= 0.6 is 12.4 Å².